The van der Waals surface area contributed by atoms with Gasteiger partial charge >= 0.3 is 0 Å². The third-order valence-electron chi connectivity index (χ3n) is 1.37. The molecule has 0 heterocycles. The highest BCUT2D eigenvalue weighted by Crippen LogP contribution is 2.04. The SMILES string of the molecule is C=N/N=C(\CCC)C(C)C. The third-order valence-corrected chi connectivity index (χ3v) is 1.37. The van der Waals surface area contributed by atoms with Crippen LogP contribution in [-0.4, -0.2) is 12.4 Å². The molecule has 0 aliphatic heterocycles. The highest BCUT2D eigenvalue weighted by molar-refractivity contribution is 5.86. The predicted octanol–water partition coefficient (Wildman–Crippen LogP) is 2.50. The van der Waals surface area contributed by atoms with Gasteiger partial charge in [-0.25, -0.2) is 0 Å². The Morgan fingerprint density at radius 3 is 2.40 bits per heavy atom. The van der Waals surface area contributed by atoms with Crippen LogP contribution in [-0.2, 0) is 0 Å². The van der Waals surface area contributed by atoms with Gasteiger partial charge < -0.3 is 0 Å². The summed E-state index contributed by atoms with van der Waals surface area (Å²) in [7, 11) is 0. The number of nitrogens with zero attached hydrogens (tertiary/aromatic N) is 2. The molecule has 0 aliphatic carbocycles. The maximum Gasteiger partial charge on any atom is 0.0430 e. The molecule has 10 heavy (non-hydrogen) atoms. The van der Waals surface area contributed by atoms with Crippen LogP contribution in [0.15, 0.2) is 10.2 Å². The molecular formula is C8H16N2. The standard InChI is InChI=1S/C8H16N2/c1-5-6-8(7(2)3)10-9-4/h7H,4-6H2,1-3H3/b10-8+. The minimum absolute atomic E-state index is 0.505. The van der Waals surface area contributed by atoms with Gasteiger partial charge in [-0.1, -0.05) is 27.2 Å². The molecule has 0 aromatic heterocycles. The second-order valence-corrected chi connectivity index (χ2v) is 2.64. The molecule has 58 valence electrons. The lowest BCUT2D eigenvalue weighted by molar-refractivity contribution is 0.820. The summed E-state index contributed by atoms with van der Waals surface area (Å²) in [5, 5.41) is 7.46. The minimum Gasteiger partial charge on any atom is -0.167 e. The average molecular weight is 140 g/mol. The Morgan fingerprint density at radius 1 is 1.50 bits per heavy atom. The van der Waals surface area contributed by atoms with Gasteiger partial charge in [0.1, 0.15) is 0 Å². The zero-order chi connectivity index (χ0) is 7.98. The second kappa shape index (κ2) is 5.15. The van der Waals surface area contributed by atoms with Gasteiger partial charge in [0.15, 0.2) is 0 Å². The lowest BCUT2D eigenvalue weighted by Gasteiger charge is -2.05. The molecule has 2 nitrogen and oxygen atoms in total. The van der Waals surface area contributed by atoms with Crippen LogP contribution in [0.4, 0.5) is 0 Å². The van der Waals surface area contributed by atoms with Gasteiger partial charge in [-0.05, 0) is 12.3 Å². The molecule has 0 fully saturated rings. The van der Waals surface area contributed by atoms with E-state index in [1.807, 2.05) is 0 Å². The van der Waals surface area contributed by atoms with Crippen molar-refractivity contribution < 1.29 is 0 Å². The Labute approximate surface area is 63.1 Å². The quantitative estimate of drug-likeness (QED) is 0.423. The van der Waals surface area contributed by atoms with Crippen molar-refractivity contribution in [3.63, 3.8) is 0 Å². The lowest BCUT2D eigenvalue weighted by Crippen LogP contribution is -2.05. The Bertz CT molecular complexity index is 125. The van der Waals surface area contributed by atoms with E-state index in [4.69, 9.17) is 0 Å². The predicted molar refractivity (Wildman–Crippen MR) is 46.7 cm³/mol. The first-order valence-corrected chi connectivity index (χ1v) is 3.74. The molecule has 0 unspecified atom stereocenters. The molecule has 0 bridgehead atoms. The Balaban J connectivity index is 3.97. The largest absolute Gasteiger partial charge is 0.167 e. The summed E-state index contributed by atoms with van der Waals surface area (Å²) in [5.74, 6) is 0.505. The van der Waals surface area contributed by atoms with Gasteiger partial charge in [0.25, 0.3) is 0 Å². The maximum atomic E-state index is 3.94. The highest BCUT2D eigenvalue weighted by atomic mass is 15.2. The molecule has 0 atom stereocenters. The van der Waals surface area contributed by atoms with E-state index in [2.05, 4.69) is 37.7 Å². The smallest absolute Gasteiger partial charge is 0.0430 e. The zero-order valence-corrected chi connectivity index (χ0v) is 7.09. The van der Waals surface area contributed by atoms with Gasteiger partial charge in [0.2, 0.25) is 0 Å². The van der Waals surface area contributed by atoms with Crippen molar-refractivity contribution in [2.45, 2.75) is 33.6 Å². The van der Waals surface area contributed by atoms with Crippen molar-refractivity contribution in [3.8, 4) is 0 Å². The summed E-state index contributed by atoms with van der Waals surface area (Å²) in [6.45, 7) is 9.72. The third kappa shape index (κ3) is 3.38. The van der Waals surface area contributed by atoms with Crippen LogP contribution in [0.3, 0.4) is 0 Å². The number of rotatable bonds is 4. The van der Waals surface area contributed by atoms with E-state index < -0.39 is 0 Å². The molecule has 2 heteroatoms. The van der Waals surface area contributed by atoms with Crippen LogP contribution in [0.2, 0.25) is 0 Å². The first kappa shape index (κ1) is 9.34. The molecule has 0 spiro atoms. The summed E-state index contributed by atoms with van der Waals surface area (Å²) >= 11 is 0. The van der Waals surface area contributed by atoms with E-state index in [1.54, 1.807) is 0 Å². The molecule has 0 aromatic rings. The summed E-state index contributed by atoms with van der Waals surface area (Å²) in [6.07, 6.45) is 2.17. The normalized spacial score (nSPS) is 12.2. The zero-order valence-electron chi connectivity index (χ0n) is 7.09. The lowest BCUT2D eigenvalue weighted by atomic mass is 10.0. The number of hydrogen-bond acceptors (Lipinski definition) is 2. The average Bonchev–Trinajstić information content (AvgIpc) is 1.87. The summed E-state index contributed by atoms with van der Waals surface area (Å²) in [5.41, 5.74) is 1.15. The molecular weight excluding hydrogens is 124 g/mol. The van der Waals surface area contributed by atoms with Crippen molar-refractivity contribution >= 4 is 12.4 Å². The van der Waals surface area contributed by atoms with Gasteiger partial charge in [0.05, 0.1) is 0 Å². The topological polar surface area (TPSA) is 24.7 Å². The van der Waals surface area contributed by atoms with E-state index in [1.165, 1.54) is 0 Å². The van der Waals surface area contributed by atoms with E-state index in [0.717, 1.165) is 18.6 Å². The van der Waals surface area contributed by atoms with Gasteiger partial charge in [-0.2, -0.15) is 10.2 Å². The monoisotopic (exact) mass is 140 g/mol. The van der Waals surface area contributed by atoms with Gasteiger partial charge in [0, 0.05) is 12.4 Å². The molecule has 0 radical (unpaired) electrons. The molecule has 0 aromatic carbocycles. The maximum absolute atomic E-state index is 3.94. The van der Waals surface area contributed by atoms with Crippen molar-refractivity contribution in [3.05, 3.63) is 0 Å². The second-order valence-electron chi connectivity index (χ2n) is 2.64. The van der Waals surface area contributed by atoms with Gasteiger partial charge in [-0.3, -0.25) is 0 Å². The molecule has 0 aliphatic rings. The van der Waals surface area contributed by atoms with Crippen LogP contribution in [0.1, 0.15) is 33.6 Å². The highest BCUT2D eigenvalue weighted by Gasteiger charge is 2.02. The molecule has 0 saturated heterocycles. The van der Waals surface area contributed by atoms with Crippen LogP contribution in [0.25, 0.3) is 0 Å². The van der Waals surface area contributed by atoms with E-state index in [0.29, 0.717) is 5.92 Å². The molecule has 0 amide bonds. The van der Waals surface area contributed by atoms with Crippen LogP contribution < -0.4 is 0 Å². The van der Waals surface area contributed by atoms with Crippen molar-refractivity contribution in [2.24, 2.45) is 16.1 Å². The fourth-order valence-electron chi connectivity index (χ4n) is 0.801. The van der Waals surface area contributed by atoms with E-state index >= 15 is 0 Å². The number of hydrogen-bond donors (Lipinski definition) is 0. The van der Waals surface area contributed by atoms with Crippen LogP contribution >= 0.6 is 0 Å². The van der Waals surface area contributed by atoms with E-state index in [9.17, 15) is 0 Å². The fourth-order valence-corrected chi connectivity index (χ4v) is 0.801. The summed E-state index contributed by atoms with van der Waals surface area (Å²) in [6, 6.07) is 0. The summed E-state index contributed by atoms with van der Waals surface area (Å²) in [4.78, 5) is 0. The minimum atomic E-state index is 0.505. The van der Waals surface area contributed by atoms with Gasteiger partial charge in [-0.15, -0.1) is 0 Å². The summed E-state index contributed by atoms with van der Waals surface area (Å²) < 4.78 is 0. The Morgan fingerprint density at radius 2 is 2.10 bits per heavy atom. The van der Waals surface area contributed by atoms with Crippen LogP contribution in [0, 0.1) is 5.92 Å². The van der Waals surface area contributed by atoms with Crippen molar-refractivity contribution in [2.75, 3.05) is 0 Å². The first-order valence-electron chi connectivity index (χ1n) is 3.74. The van der Waals surface area contributed by atoms with Crippen molar-refractivity contribution in [1.82, 2.24) is 0 Å². The van der Waals surface area contributed by atoms with Crippen molar-refractivity contribution in [1.29, 1.82) is 0 Å². The van der Waals surface area contributed by atoms with E-state index in [-0.39, 0.29) is 0 Å². The Kier molecular flexibility index (Phi) is 4.81. The molecule has 0 saturated carbocycles. The molecule has 0 N–H and O–H groups in total. The first-order chi connectivity index (χ1) is 4.72. The fraction of sp³-hybridized carbons (Fsp3) is 0.750. The van der Waals surface area contributed by atoms with Crippen LogP contribution in [0.5, 0.6) is 0 Å². The molecule has 0 rings (SSSR count). The Hall–Kier alpha value is -0.660.